The maximum Gasteiger partial charge on any atom is 0.152 e. The van der Waals surface area contributed by atoms with E-state index in [0.29, 0.717) is 11.4 Å². The van der Waals surface area contributed by atoms with Crippen LogP contribution in [-0.2, 0) is 6.42 Å². The highest BCUT2D eigenvalue weighted by molar-refractivity contribution is 7.18. The van der Waals surface area contributed by atoms with E-state index in [-0.39, 0.29) is 0 Å². The summed E-state index contributed by atoms with van der Waals surface area (Å²) >= 11 is 1.64. The Balaban J connectivity index is 1.94. The second-order valence-electron chi connectivity index (χ2n) is 4.69. The highest BCUT2D eigenvalue weighted by Crippen LogP contribution is 2.34. The van der Waals surface area contributed by atoms with Gasteiger partial charge in [-0.15, -0.1) is 11.3 Å². The van der Waals surface area contributed by atoms with Gasteiger partial charge in [0.05, 0.1) is 20.9 Å². The van der Waals surface area contributed by atoms with Gasteiger partial charge in [0.2, 0.25) is 0 Å². The molecule has 2 aromatic carbocycles. The van der Waals surface area contributed by atoms with E-state index >= 15 is 0 Å². The van der Waals surface area contributed by atoms with E-state index in [9.17, 15) is 0 Å². The Morgan fingerprint density at radius 3 is 2.65 bits per heavy atom. The zero-order chi connectivity index (χ0) is 14.1. The molecule has 3 aromatic rings. The van der Waals surface area contributed by atoms with E-state index in [2.05, 4.69) is 24.0 Å². The number of benzene rings is 2. The van der Waals surface area contributed by atoms with E-state index in [0.717, 1.165) is 27.4 Å². The van der Waals surface area contributed by atoms with Gasteiger partial charge in [-0.05, 0) is 37.1 Å². The molecular formula is C16H16N2OS. The number of ether oxygens (including phenoxy) is 1. The predicted octanol–water partition coefficient (Wildman–Crippen LogP) is 4.54. The number of hydrogen-bond acceptors (Lipinski definition) is 4. The third kappa shape index (κ3) is 2.47. The van der Waals surface area contributed by atoms with Gasteiger partial charge in [-0.25, -0.2) is 4.98 Å². The SMILES string of the molecule is CCc1ccc(Oc2cc3nc(C)sc3cc2N)cc1. The van der Waals surface area contributed by atoms with Crippen molar-refractivity contribution < 1.29 is 4.74 Å². The maximum atomic E-state index is 6.05. The molecule has 0 atom stereocenters. The summed E-state index contributed by atoms with van der Waals surface area (Å²) in [6.45, 7) is 4.12. The lowest BCUT2D eigenvalue weighted by Crippen LogP contribution is -1.92. The largest absolute Gasteiger partial charge is 0.455 e. The summed E-state index contributed by atoms with van der Waals surface area (Å²) in [5.41, 5.74) is 8.91. The summed E-state index contributed by atoms with van der Waals surface area (Å²) in [6, 6.07) is 11.9. The lowest BCUT2D eigenvalue weighted by Gasteiger charge is -2.09. The average molecular weight is 284 g/mol. The molecule has 102 valence electrons. The summed E-state index contributed by atoms with van der Waals surface area (Å²) in [6.07, 6.45) is 1.02. The number of aryl methyl sites for hydroxylation is 2. The van der Waals surface area contributed by atoms with Crippen molar-refractivity contribution in [3.05, 3.63) is 47.0 Å². The average Bonchev–Trinajstić information content (AvgIpc) is 2.79. The monoisotopic (exact) mass is 284 g/mol. The van der Waals surface area contributed by atoms with Gasteiger partial charge in [0.25, 0.3) is 0 Å². The first-order valence-corrected chi connectivity index (χ1v) is 7.41. The standard InChI is InChI=1S/C16H16N2OS/c1-3-11-4-6-12(7-5-11)19-15-9-14-16(8-13(15)17)20-10(2)18-14/h4-9H,3,17H2,1-2H3. The molecule has 0 radical (unpaired) electrons. The number of hydrogen-bond donors (Lipinski definition) is 1. The van der Waals surface area contributed by atoms with E-state index in [1.165, 1.54) is 5.56 Å². The van der Waals surface area contributed by atoms with Crippen molar-refractivity contribution in [2.45, 2.75) is 20.3 Å². The van der Waals surface area contributed by atoms with Crippen LogP contribution < -0.4 is 10.5 Å². The third-order valence-electron chi connectivity index (χ3n) is 3.19. The molecule has 4 heteroatoms. The number of rotatable bonds is 3. The summed E-state index contributed by atoms with van der Waals surface area (Å²) in [7, 11) is 0. The molecule has 20 heavy (non-hydrogen) atoms. The van der Waals surface area contributed by atoms with Crippen LogP contribution in [0.1, 0.15) is 17.5 Å². The van der Waals surface area contributed by atoms with Gasteiger partial charge < -0.3 is 10.5 Å². The molecule has 3 rings (SSSR count). The quantitative estimate of drug-likeness (QED) is 0.718. The molecule has 3 nitrogen and oxygen atoms in total. The number of nitrogens with two attached hydrogens (primary N) is 1. The Bertz CT molecular complexity index is 747. The minimum atomic E-state index is 0.640. The Morgan fingerprint density at radius 2 is 1.95 bits per heavy atom. The van der Waals surface area contributed by atoms with Crippen LogP contribution in [0.4, 0.5) is 5.69 Å². The number of aromatic nitrogens is 1. The third-order valence-corrected chi connectivity index (χ3v) is 4.12. The Morgan fingerprint density at radius 1 is 1.20 bits per heavy atom. The molecule has 1 aromatic heterocycles. The highest BCUT2D eigenvalue weighted by atomic mass is 32.1. The highest BCUT2D eigenvalue weighted by Gasteiger charge is 2.08. The summed E-state index contributed by atoms with van der Waals surface area (Å²) in [4.78, 5) is 4.47. The smallest absolute Gasteiger partial charge is 0.152 e. The van der Waals surface area contributed by atoms with Gasteiger partial charge >= 0.3 is 0 Å². The molecule has 0 saturated heterocycles. The Labute approximate surface area is 122 Å². The van der Waals surface area contributed by atoms with Crippen molar-refractivity contribution in [3.63, 3.8) is 0 Å². The second-order valence-corrected chi connectivity index (χ2v) is 5.92. The Kier molecular flexibility index (Phi) is 3.32. The summed E-state index contributed by atoms with van der Waals surface area (Å²) in [5, 5.41) is 1.03. The van der Waals surface area contributed by atoms with Crippen molar-refractivity contribution in [1.29, 1.82) is 0 Å². The maximum absolute atomic E-state index is 6.05. The number of anilines is 1. The second kappa shape index (κ2) is 5.13. The van der Waals surface area contributed by atoms with Gasteiger partial charge in [0.15, 0.2) is 5.75 Å². The zero-order valence-corrected chi connectivity index (χ0v) is 12.3. The fourth-order valence-corrected chi connectivity index (χ4v) is 2.95. The predicted molar refractivity (Wildman–Crippen MR) is 84.7 cm³/mol. The molecule has 0 fully saturated rings. The molecule has 2 N–H and O–H groups in total. The van der Waals surface area contributed by atoms with Crippen molar-refractivity contribution in [2.24, 2.45) is 0 Å². The van der Waals surface area contributed by atoms with Gasteiger partial charge in [-0.1, -0.05) is 19.1 Å². The molecule has 0 spiro atoms. The minimum absolute atomic E-state index is 0.640. The normalized spacial score (nSPS) is 10.9. The fourth-order valence-electron chi connectivity index (χ4n) is 2.09. The lowest BCUT2D eigenvalue weighted by atomic mass is 10.2. The first-order chi connectivity index (χ1) is 9.65. The molecular weight excluding hydrogens is 268 g/mol. The molecule has 0 amide bonds. The van der Waals surface area contributed by atoms with Crippen molar-refractivity contribution in [2.75, 3.05) is 5.73 Å². The minimum Gasteiger partial charge on any atom is -0.455 e. The number of fused-ring (bicyclic) bond motifs is 1. The van der Waals surface area contributed by atoms with Crippen molar-refractivity contribution in [3.8, 4) is 11.5 Å². The van der Waals surface area contributed by atoms with Crippen LogP contribution in [0.15, 0.2) is 36.4 Å². The van der Waals surface area contributed by atoms with E-state index in [1.807, 2.05) is 31.2 Å². The van der Waals surface area contributed by atoms with Crippen LogP contribution in [0.25, 0.3) is 10.2 Å². The van der Waals surface area contributed by atoms with E-state index in [1.54, 1.807) is 11.3 Å². The van der Waals surface area contributed by atoms with E-state index < -0.39 is 0 Å². The zero-order valence-electron chi connectivity index (χ0n) is 11.5. The van der Waals surface area contributed by atoms with Crippen molar-refractivity contribution >= 4 is 27.2 Å². The lowest BCUT2D eigenvalue weighted by molar-refractivity contribution is 0.485. The van der Waals surface area contributed by atoms with Crippen LogP contribution in [0.3, 0.4) is 0 Å². The van der Waals surface area contributed by atoms with Crippen LogP contribution in [0.2, 0.25) is 0 Å². The van der Waals surface area contributed by atoms with Crippen LogP contribution in [0, 0.1) is 6.92 Å². The molecule has 0 bridgehead atoms. The molecule has 0 aliphatic carbocycles. The molecule has 0 saturated carbocycles. The Hall–Kier alpha value is -2.07. The van der Waals surface area contributed by atoms with Gasteiger partial charge in [0.1, 0.15) is 5.75 Å². The molecule has 0 aliphatic heterocycles. The first-order valence-electron chi connectivity index (χ1n) is 6.59. The van der Waals surface area contributed by atoms with Crippen LogP contribution in [-0.4, -0.2) is 4.98 Å². The van der Waals surface area contributed by atoms with Gasteiger partial charge in [0, 0.05) is 6.07 Å². The van der Waals surface area contributed by atoms with Gasteiger partial charge in [-0.3, -0.25) is 0 Å². The van der Waals surface area contributed by atoms with Gasteiger partial charge in [-0.2, -0.15) is 0 Å². The topological polar surface area (TPSA) is 48.1 Å². The van der Waals surface area contributed by atoms with Crippen molar-refractivity contribution in [1.82, 2.24) is 4.98 Å². The first kappa shape index (κ1) is 12.9. The summed E-state index contributed by atoms with van der Waals surface area (Å²) in [5.74, 6) is 1.45. The molecule has 0 unspecified atom stereocenters. The van der Waals surface area contributed by atoms with Crippen LogP contribution >= 0.6 is 11.3 Å². The summed E-state index contributed by atoms with van der Waals surface area (Å²) < 4.78 is 6.96. The number of thiazole rings is 1. The van der Waals surface area contributed by atoms with Crippen LogP contribution in [0.5, 0.6) is 11.5 Å². The molecule has 1 heterocycles. The van der Waals surface area contributed by atoms with E-state index in [4.69, 9.17) is 10.5 Å². The molecule has 0 aliphatic rings. The number of nitrogens with zero attached hydrogens (tertiary/aromatic N) is 1. The number of nitrogen functional groups attached to an aromatic ring is 1. The fraction of sp³-hybridized carbons (Fsp3) is 0.188.